The normalized spacial score (nSPS) is 14.4. The van der Waals surface area contributed by atoms with Crippen LogP contribution in [0, 0.1) is 0 Å². The maximum atomic E-state index is 12.4. The molecule has 1 aromatic carbocycles. The lowest BCUT2D eigenvalue weighted by atomic mass is 10.1. The third-order valence-corrected chi connectivity index (χ3v) is 3.59. The van der Waals surface area contributed by atoms with Crippen LogP contribution in [0.2, 0.25) is 0 Å². The molecule has 2 N–H and O–H groups in total. The van der Waals surface area contributed by atoms with Crippen LogP contribution in [0.5, 0.6) is 11.5 Å². The number of hydrogen-bond donors (Lipinski definition) is 2. The van der Waals surface area contributed by atoms with Gasteiger partial charge in [-0.1, -0.05) is 0 Å². The number of fused-ring (bicyclic) bond motifs is 1. The zero-order valence-electron chi connectivity index (χ0n) is 14.8. The zero-order chi connectivity index (χ0) is 17.9. The van der Waals surface area contributed by atoms with Crippen LogP contribution >= 0.6 is 0 Å². The van der Waals surface area contributed by atoms with Crippen molar-refractivity contribution in [3.63, 3.8) is 0 Å². The molecule has 1 atom stereocenters. The monoisotopic (exact) mass is 335 g/mol. The second-order valence-corrected chi connectivity index (χ2v) is 6.95. The number of carbonyl (C=O) groups excluding carboxylic acids is 2. The summed E-state index contributed by atoms with van der Waals surface area (Å²) in [7, 11) is 1.74. The van der Waals surface area contributed by atoms with Crippen molar-refractivity contribution in [3.8, 4) is 11.5 Å². The SMILES string of the molecule is C[C@H](C(=O)Nc1ccc2c(c1)OCO2)N(C)CC(=O)NC(C)(C)C. The topological polar surface area (TPSA) is 79.9 Å². The van der Waals surface area contributed by atoms with E-state index in [1.807, 2.05) is 20.8 Å². The fourth-order valence-electron chi connectivity index (χ4n) is 2.24. The number of likely N-dealkylation sites (N-methyl/N-ethyl adjacent to an activating group) is 1. The van der Waals surface area contributed by atoms with Gasteiger partial charge in [-0.2, -0.15) is 0 Å². The molecule has 0 unspecified atom stereocenters. The van der Waals surface area contributed by atoms with Gasteiger partial charge in [-0.15, -0.1) is 0 Å². The Hall–Kier alpha value is -2.28. The average Bonchev–Trinajstić information content (AvgIpc) is 2.91. The number of ether oxygens (including phenoxy) is 2. The van der Waals surface area contributed by atoms with Crippen LogP contribution in [0.15, 0.2) is 18.2 Å². The van der Waals surface area contributed by atoms with E-state index in [1.165, 1.54) is 0 Å². The first-order valence-corrected chi connectivity index (χ1v) is 7.87. The van der Waals surface area contributed by atoms with E-state index in [0.29, 0.717) is 17.2 Å². The van der Waals surface area contributed by atoms with Gasteiger partial charge < -0.3 is 20.1 Å². The molecule has 1 heterocycles. The number of rotatable bonds is 5. The summed E-state index contributed by atoms with van der Waals surface area (Å²) in [5.41, 5.74) is 0.333. The van der Waals surface area contributed by atoms with Crippen molar-refractivity contribution in [2.75, 3.05) is 25.7 Å². The van der Waals surface area contributed by atoms with Gasteiger partial charge in [0.2, 0.25) is 18.6 Å². The first kappa shape index (κ1) is 18.1. The Morgan fingerprint density at radius 3 is 2.58 bits per heavy atom. The van der Waals surface area contributed by atoms with Crippen molar-refractivity contribution in [2.24, 2.45) is 0 Å². The molecular formula is C17H25N3O4. The highest BCUT2D eigenvalue weighted by Crippen LogP contribution is 2.34. The smallest absolute Gasteiger partial charge is 0.241 e. The van der Waals surface area contributed by atoms with Gasteiger partial charge in [0, 0.05) is 17.3 Å². The van der Waals surface area contributed by atoms with E-state index in [4.69, 9.17) is 9.47 Å². The van der Waals surface area contributed by atoms with Crippen LogP contribution in [-0.2, 0) is 9.59 Å². The third kappa shape index (κ3) is 4.86. The second kappa shape index (κ2) is 7.09. The van der Waals surface area contributed by atoms with Gasteiger partial charge in [-0.3, -0.25) is 14.5 Å². The summed E-state index contributed by atoms with van der Waals surface area (Å²) >= 11 is 0. The molecule has 0 bridgehead atoms. The first-order valence-electron chi connectivity index (χ1n) is 7.87. The van der Waals surface area contributed by atoms with E-state index in [2.05, 4.69) is 10.6 Å². The van der Waals surface area contributed by atoms with Crippen LogP contribution in [0.3, 0.4) is 0 Å². The highest BCUT2D eigenvalue weighted by molar-refractivity contribution is 5.95. The van der Waals surface area contributed by atoms with Crippen molar-refractivity contribution >= 4 is 17.5 Å². The zero-order valence-corrected chi connectivity index (χ0v) is 14.8. The molecule has 7 heteroatoms. The van der Waals surface area contributed by atoms with E-state index >= 15 is 0 Å². The molecule has 1 aromatic rings. The van der Waals surface area contributed by atoms with Gasteiger partial charge in [0.25, 0.3) is 0 Å². The Morgan fingerprint density at radius 1 is 1.25 bits per heavy atom. The molecule has 2 amide bonds. The highest BCUT2D eigenvalue weighted by Gasteiger charge is 2.23. The number of benzene rings is 1. The lowest BCUT2D eigenvalue weighted by molar-refractivity contribution is -0.125. The summed E-state index contributed by atoms with van der Waals surface area (Å²) in [6.45, 7) is 7.84. The number of carbonyl (C=O) groups is 2. The fourth-order valence-corrected chi connectivity index (χ4v) is 2.24. The quantitative estimate of drug-likeness (QED) is 0.854. The molecule has 24 heavy (non-hydrogen) atoms. The van der Waals surface area contributed by atoms with Gasteiger partial charge in [0.1, 0.15) is 0 Å². The van der Waals surface area contributed by atoms with Crippen LogP contribution in [-0.4, -0.2) is 48.7 Å². The van der Waals surface area contributed by atoms with E-state index in [-0.39, 0.29) is 30.7 Å². The lowest BCUT2D eigenvalue weighted by Gasteiger charge is -2.26. The van der Waals surface area contributed by atoms with E-state index in [9.17, 15) is 9.59 Å². The third-order valence-electron chi connectivity index (χ3n) is 3.59. The summed E-state index contributed by atoms with van der Waals surface area (Å²) in [6, 6.07) is 4.77. The van der Waals surface area contributed by atoms with Crippen molar-refractivity contribution in [3.05, 3.63) is 18.2 Å². The molecule has 0 spiro atoms. The molecule has 0 aromatic heterocycles. The van der Waals surface area contributed by atoms with Crippen LogP contribution in [0.25, 0.3) is 0 Å². The number of hydrogen-bond acceptors (Lipinski definition) is 5. The molecule has 132 valence electrons. The van der Waals surface area contributed by atoms with Crippen LogP contribution < -0.4 is 20.1 Å². The molecular weight excluding hydrogens is 310 g/mol. The first-order chi connectivity index (χ1) is 11.2. The summed E-state index contributed by atoms with van der Waals surface area (Å²) < 4.78 is 10.5. The Morgan fingerprint density at radius 2 is 1.92 bits per heavy atom. The summed E-state index contributed by atoms with van der Waals surface area (Å²) in [6.07, 6.45) is 0. The molecule has 7 nitrogen and oxygen atoms in total. The molecule has 1 aliphatic rings. The average molecular weight is 335 g/mol. The maximum Gasteiger partial charge on any atom is 0.241 e. The largest absolute Gasteiger partial charge is 0.454 e. The Bertz CT molecular complexity index is 625. The summed E-state index contributed by atoms with van der Waals surface area (Å²) in [5, 5.41) is 5.70. The number of nitrogens with zero attached hydrogens (tertiary/aromatic N) is 1. The second-order valence-electron chi connectivity index (χ2n) is 6.95. The van der Waals surface area contributed by atoms with Gasteiger partial charge in [-0.05, 0) is 46.9 Å². The van der Waals surface area contributed by atoms with E-state index < -0.39 is 6.04 Å². The van der Waals surface area contributed by atoms with E-state index in [0.717, 1.165) is 0 Å². The minimum absolute atomic E-state index is 0.118. The number of nitrogens with one attached hydrogen (secondary N) is 2. The van der Waals surface area contributed by atoms with Gasteiger partial charge in [0.05, 0.1) is 12.6 Å². The van der Waals surface area contributed by atoms with E-state index in [1.54, 1.807) is 37.1 Å². The number of amides is 2. The lowest BCUT2D eigenvalue weighted by Crippen LogP contribution is -2.49. The summed E-state index contributed by atoms with van der Waals surface area (Å²) in [5.74, 6) is 0.961. The standard InChI is InChI=1S/C17H25N3O4/c1-11(20(5)9-15(21)19-17(2,3)4)16(22)18-12-6-7-13-14(8-12)24-10-23-13/h6-8,11H,9-10H2,1-5H3,(H,18,22)(H,19,21)/t11-/m1/s1. The molecule has 0 radical (unpaired) electrons. The van der Waals surface area contributed by atoms with Gasteiger partial charge >= 0.3 is 0 Å². The molecule has 0 fully saturated rings. The highest BCUT2D eigenvalue weighted by atomic mass is 16.7. The number of anilines is 1. The van der Waals surface area contributed by atoms with Crippen molar-refractivity contribution < 1.29 is 19.1 Å². The Kier molecular flexibility index (Phi) is 5.33. The molecule has 0 saturated heterocycles. The molecule has 2 rings (SSSR count). The summed E-state index contributed by atoms with van der Waals surface area (Å²) in [4.78, 5) is 26.0. The fraction of sp³-hybridized carbons (Fsp3) is 0.529. The minimum Gasteiger partial charge on any atom is -0.454 e. The molecule has 0 aliphatic carbocycles. The van der Waals surface area contributed by atoms with Crippen molar-refractivity contribution in [1.29, 1.82) is 0 Å². The van der Waals surface area contributed by atoms with Crippen molar-refractivity contribution in [1.82, 2.24) is 10.2 Å². The minimum atomic E-state index is -0.457. The van der Waals surface area contributed by atoms with Crippen LogP contribution in [0.1, 0.15) is 27.7 Å². The van der Waals surface area contributed by atoms with Gasteiger partial charge in [-0.25, -0.2) is 0 Å². The molecule has 1 aliphatic heterocycles. The van der Waals surface area contributed by atoms with Crippen LogP contribution in [0.4, 0.5) is 5.69 Å². The van der Waals surface area contributed by atoms with Crippen molar-refractivity contribution in [2.45, 2.75) is 39.3 Å². The predicted molar refractivity (Wildman–Crippen MR) is 91.2 cm³/mol. The molecule has 0 saturated carbocycles. The predicted octanol–water partition coefficient (Wildman–Crippen LogP) is 1.59. The van der Waals surface area contributed by atoms with Gasteiger partial charge in [0.15, 0.2) is 11.5 Å². The maximum absolute atomic E-state index is 12.4. The Labute approximate surface area is 142 Å². The Balaban J connectivity index is 1.90.